The molecule has 2 aliphatic heterocycles. The molecule has 0 unspecified atom stereocenters. The van der Waals surface area contributed by atoms with Gasteiger partial charge in [0.2, 0.25) is 17.7 Å². The maximum atomic E-state index is 13.2. The van der Waals surface area contributed by atoms with Gasteiger partial charge < -0.3 is 4.90 Å². The number of carbonyl (C=O) groups excluding carboxylic acids is 3. The Kier molecular flexibility index (Phi) is 9.78. The summed E-state index contributed by atoms with van der Waals surface area (Å²) in [6.07, 6.45) is 15.3. The van der Waals surface area contributed by atoms with E-state index in [2.05, 4.69) is 34.6 Å². The van der Waals surface area contributed by atoms with Crippen LogP contribution in [0.3, 0.4) is 0 Å². The number of amides is 3. The Morgan fingerprint density at radius 2 is 1.31 bits per heavy atom. The standard InChI is InChI=1S/C27H48N2O3/c1-7-8-9-10-11-12-13-14-15-16-17-22-18-24(31)28(25(22)32)23-19-26(3,4)29(21(2)30)27(5,6)20-23/h22-23H,7-20H2,1-6H3/t22-/m0/s1. The smallest absolute Gasteiger partial charge is 0.233 e. The Labute approximate surface area is 196 Å². The Morgan fingerprint density at radius 1 is 0.844 bits per heavy atom. The number of carbonyl (C=O) groups is 3. The molecule has 32 heavy (non-hydrogen) atoms. The van der Waals surface area contributed by atoms with E-state index < -0.39 is 0 Å². The molecule has 2 saturated heterocycles. The van der Waals surface area contributed by atoms with E-state index in [1.165, 1.54) is 51.4 Å². The summed E-state index contributed by atoms with van der Waals surface area (Å²) in [6, 6.07) is -0.117. The van der Waals surface area contributed by atoms with Gasteiger partial charge in [0.25, 0.3) is 0 Å². The van der Waals surface area contributed by atoms with Gasteiger partial charge in [0.15, 0.2) is 0 Å². The van der Waals surface area contributed by atoms with Crippen molar-refractivity contribution in [2.24, 2.45) is 5.92 Å². The molecule has 0 saturated carbocycles. The molecule has 0 spiro atoms. The third-order valence-corrected chi connectivity index (χ3v) is 7.54. The molecule has 2 heterocycles. The van der Waals surface area contributed by atoms with Crippen molar-refractivity contribution in [2.45, 2.75) is 149 Å². The lowest BCUT2D eigenvalue weighted by Crippen LogP contribution is -2.66. The van der Waals surface area contributed by atoms with Crippen LogP contribution in [0.1, 0.15) is 131 Å². The first-order valence-corrected chi connectivity index (χ1v) is 13.2. The fraction of sp³-hybridized carbons (Fsp3) is 0.889. The average Bonchev–Trinajstić information content (AvgIpc) is 2.94. The van der Waals surface area contributed by atoms with E-state index in [0.29, 0.717) is 19.3 Å². The summed E-state index contributed by atoms with van der Waals surface area (Å²) in [4.78, 5) is 41.8. The van der Waals surface area contributed by atoms with Crippen LogP contribution in [0.4, 0.5) is 0 Å². The number of piperidine rings is 1. The Balaban J connectivity index is 1.80. The van der Waals surface area contributed by atoms with Gasteiger partial charge in [0.1, 0.15) is 0 Å². The maximum absolute atomic E-state index is 13.2. The van der Waals surface area contributed by atoms with Gasteiger partial charge in [-0.05, 0) is 47.0 Å². The van der Waals surface area contributed by atoms with E-state index >= 15 is 0 Å². The van der Waals surface area contributed by atoms with Gasteiger partial charge in [-0.15, -0.1) is 0 Å². The van der Waals surface area contributed by atoms with E-state index in [4.69, 9.17) is 0 Å². The summed E-state index contributed by atoms with van der Waals surface area (Å²) in [6.45, 7) is 12.1. The van der Waals surface area contributed by atoms with Crippen LogP contribution in [-0.4, -0.2) is 44.6 Å². The summed E-state index contributed by atoms with van der Waals surface area (Å²) in [7, 11) is 0. The topological polar surface area (TPSA) is 57.7 Å². The van der Waals surface area contributed by atoms with Crippen LogP contribution < -0.4 is 0 Å². The van der Waals surface area contributed by atoms with E-state index in [1.807, 2.05) is 4.90 Å². The summed E-state index contributed by atoms with van der Waals surface area (Å²) in [5.74, 6) is -0.0799. The van der Waals surface area contributed by atoms with E-state index in [1.54, 1.807) is 11.8 Å². The van der Waals surface area contributed by atoms with Gasteiger partial charge in [-0.25, -0.2) is 0 Å². The lowest BCUT2D eigenvalue weighted by atomic mass is 9.76. The lowest BCUT2D eigenvalue weighted by Gasteiger charge is -2.56. The number of hydrogen-bond acceptors (Lipinski definition) is 3. The largest absolute Gasteiger partial charge is 0.333 e. The van der Waals surface area contributed by atoms with Crippen molar-refractivity contribution in [1.29, 1.82) is 0 Å². The second kappa shape index (κ2) is 11.7. The van der Waals surface area contributed by atoms with Crippen molar-refractivity contribution in [1.82, 2.24) is 9.80 Å². The van der Waals surface area contributed by atoms with Crippen molar-refractivity contribution in [3.8, 4) is 0 Å². The quantitative estimate of drug-likeness (QED) is 0.262. The maximum Gasteiger partial charge on any atom is 0.233 e. The van der Waals surface area contributed by atoms with Crippen LogP contribution in [0.25, 0.3) is 0 Å². The monoisotopic (exact) mass is 448 g/mol. The highest BCUT2D eigenvalue weighted by molar-refractivity contribution is 6.03. The Hall–Kier alpha value is -1.39. The highest BCUT2D eigenvalue weighted by Gasteiger charge is 2.52. The SMILES string of the molecule is CCCCCCCCCCCC[C@H]1CC(=O)N(C2CC(C)(C)N(C(C)=O)C(C)(C)C2)C1=O. The van der Waals surface area contributed by atoms with Crippen molar-refractivity contribution in [3.63, 3.8) is 0 Å². The molecule has 0 radical (unpaired) electrons. The summed E-state index contributed by atoms with van der Waals surface area (Å²) >= 11 is 0. The molecule has 0 aliphatic carbocycles. The van der Waals surface area contributed by atoms with Crippen molar-refractivity contribution >= 4 is 17.7 Å². The second-order valence-corrected chi connectivity index (χ2v) is 11.5. The molecular weight excluding hydrogens is 400 g/mol. The van der Waals surface area contributed by atoms with Gasteiger partial charge in [-0.3, -0.25) is 19.3 Å². The fourth-order valence-electron chi connectivity index (χ4n) is 6.47. The molecule has 0 N–H and O–H groups in total. The second-order valence-electron chi connectivity index (χ2n) is 11.5. The molecule has 5 nitrogen and oxygen atoms in total. The normalized spacial score (nSPS) is 23.2. The molecule has 3 amide bonds. The van der Waals surface area contributed by atoms with E-state index in [0.717, 1.165) is 19.3 Å². The first-order chi connectivity index (χ1) is 15.0. The molecule has 2 rings (SSSR count). The van der Waals surface area contributed by atoms with E-state index in [-0.39, 0.29) is 40.8 Å². The van der Waals surface area contributed by atoms with Crippen LogP contribution in [0, 0.1) is 5.92 Å². The Bertz CT molecular complexity index is 637. The zero-order chi connectivity index (χ0) is 23.9. The predicted molar refractivity (Wildman–Crippen MR) is 130 cm³/mol. The number of imide groups is 1. The fourth-order valence-corrected chi connectivity index (χ4v) is 6.47. The Morgan fingerprint density at radius 3 is 1.78 bits per heavy atom. The van der Waals surface area contributed by atoms with Crippen LogP contribution in [0.15, 0.2) is 0 Å². The number of hydrogen-bond donors (Lipinski definition) is 0. The summed E-state index contributed by atoms with van der Waals surface area (Å²) < 4.78 is 0. The van der Waals surface area contributed by atoms with E-state index in [9.17, 15) is 14.4 Å². The molecule has 0 aromatic rings. The van der Waals surface area contributed by atoms with Crippen LogP contribution in [0.5, 0.6) is 0 Å². The summed E-state index contributed by atoms with van der Waals surface area (Å²) in [5, 5.41) is 0. The molecule has 0 aromatic heterocycles. The van der Waals surface area contributed by atoms with Gasteiger partial charge >= 0.3 is 0 Å². The molecule has 184 valence electrons. The van der Waals surface area contributed by atoms with Gasteiger partial charge in [-0.2, -0.15) is 0 Å². The molecule has 5 heteroatoms. The van der Waals surface area contributed by atoms with Crippen molar-refractivity contribution in [3.05, 3.63) is 0 Å². The highest BCUT2D eigenvalue weighted by atomic mass is 16.2. The number of unbranched alkanes of at least 4 members (excludes halogenated alkanes) is 9. The minimum atomic E-state index is -0.382. The predicted octanol–water partition coefficient (Wildman–Crippen LogP) is 6.24. The molecule has 0 aromatic carbocycles. The highest BCUT2D eigenvalue weighted by Crippen LogP contribution is 2.42. The summed E-state index contributed by atoms with van der Waals surface area (Å²) in [5.41, 5.74) is -0.763. The molecule has 1 atom stereocenters. The third kappa shape index (κ3) is 6.81. The lowest BCUT2D eigenvalue weighted by molar-refractivity contribution is -0.155. The molecule has 2 fully saturated rings. The number of rotatable bonds is 12. The zero-order valence-corrected chi connectivity index (χ0v) is 21.7. The minimum absolute atomic E-state index is 0.0139. The molecular formula is C27H48N2O3. The first kappa shape index (κ1) is 26.9. The van der Waals surface area contributed by atoms with Gasteiger partial charge in [-0.1, -0.05) is 71.1 Å². The zero-order valence-electron chi connectivity index (χ0n) is 21.7. The molecule has 2 aliphatic rings. The van der Waals surface area contributed by atoms with Gasteiger partial charge in [0.05, 0.1) is 0 Å². The van der Waals surface area contributed by atoms with Crippen LogP contribution in [-0.2, 0) is 14.4 Å². The van der Waals surface area contributed by atoms with Crippen molar-refractivity contribution < 1.29 is 14.4 Å². The molecule has 0 bridgehead atoms. The average molecular weight is 449 g/mol. The third-order valence-electron chi connectivity index (χ3n) is 7.54. The van der Waals surface area contributed by atoms with Crippen LogP contribution >= 0.6 is 0 Å². The minimum Gasteiger partial charge on any atom is -0.333 e. The van der Waals surface area contributed by atoms with Crippen molar-refractivity contribution in [2.75, 3.05) is 0 Å². The van der Waals surface area contributed by atoms with Crippen LogP contribution in [0.2, 0.25) is 0 Å². The first-order valence-electron chi connectivity index (χ1n) is 13.2. The number of nitrogens with zero attached hydrogens (tertiary/aromatic N) is 2. The number of likely N-dealkylation sites (tertiary alicyclic amines) is 2. The van der Waals surface area contributed by atoms with Gasteiger partial charge in [0, 0.05) is 36.4 Å².